The molecule has 2 heterocycles. The molecule has 1 saturated heterocycles. The van der Waals surface area contributed by atoms with Crippen molar-refractivity contribution in [2.75, 3.05) is 31.1 Å². The molecule has 0 aliphatic carbocycles. The van der Waals surface area contributed by atoms with Gasteiger partial charge in [0.05, 0.1) is 0 Å². The average Bonchev–Trinajstić information content (AvgIpc) is 2.94. The van der Waals surface area contributed by atoms with Gasteiger partial charge < -0.3 is 14.2 Å². The number of benzene rings is 2. The van der Waals surface area contributed by atoms with E-state index in [1.165, 1.54) is 12.1 Å². The summed E-state index contributed by atoms with van der Waals surface area (Å²) in [4.78, 5) is 29.0. The number of fused-ring (bicyclic) bond motifs is 1. The van der Waals surface area contributed by atoms with E-state index in [2.05, 4.69) is 4.90 Å². The van der Waals surface area contributed by atoms with Crippen LogP contribution in [0.25, 0.3) is 11.0 Å². The number of carbonyl (C=O) groups excluding carboxylic acids is 1. The Balaban J connectivity index is 1.54. The zero-order chi connectivity index (χ0) is 18.8. The number of halogens is 1. The molecule has 1 amide bonds. The van der Waals surface area contributed by atoms with Crippen LogP contribution >= 0.6 is 0 Å². The van der Waals surface area contributed by atoms with Gasteiger partial charge in [-0.2, -0.15) is 0 Å². The normalized spacial score (nSPS) is 15.0. The third-order valence-electron chi connectivity index (χ3n) is 4.85. The van der Waals surface area contributed by atoms with Crippen LogP contribution in [0.2, 0.25) is 0 Å². The maximum atomic E-state index is 13.1. The molecule has 6 heteroatoms. The van der Waals surface area contributed by atoms with Crippen LogP contribution in [0.4, 0.5) is 10.1 Å². The van der Waals surface area contributed by atoms with Gasteiger partial charge in [0.15, 0.2) is 0 Å². The van der Waals surface area contributed by atoms with Gasteiger partial charge in [-0.25, -0.2) is 9.18 Å². The minimum absolute atomic E-state index is 0.0592. The standard InChI is InChI=1S/C21H19FN2O3/c22-16-6-8-17(9-7-16)23-10-3-11-24(13-12-23)20(25)18-14-15-4-1-2-5-19(15)27-21(18)26/h1-2,4-9,14H,3,10-13H2. The molecule has 3 aromatic rings. The van der Waals surface area contributed by atoms with Gasteiger partial charge in [0, 0.05) is 37.3 Å². The molecule has 0 unspecified atom stereocenters. The number of para-hydroxylation sites is 1. The summed E-state index contributed by atoms with van der Waals surface area (Å²) in [6.07, 6.45) is 0.766. The van der Waals surface area contributed by atoms with Crippen molar-refractivity contribution in [1.82, 2.24) is 4.90 Å². The average molecular weight is 366 g/mol. The number of rotatable bonds is 2. The zero-order valence-corrected chi connectivity index (χ0v) is 14.7. The molecule has 0 saturated carbocycles. The largest absolute Gasteiger partial charge is 0.422 e. The van der Waals surface area contributed by atoms with Crippen molar-refractivity contribution in [3.05, 3.63) is 76.4 Å². The summed E-state index contributed by atoms with van der Waals surface area (Å²) in [5.74, 6) is -0.580. The van der Waals surface area contributed by atoms with Crippen LogP contribution < -0.4 is 10.5 Å². The molecular formula is C21H19FN2O3. The molecule has 0 radical (unpaired) electrons. The molecule has 138 valence electrons. The topological polar surface area (TPSA) is 53.8 Å². The maximum absolute atomic E-state index is 13.1. The van der Waals surface area contributed by atoms with Gasteiger partial charge >= 0.3 is 5.63 Å². The van der Waals surface area contributed by atoms with Crippen molar-refractivity contribution >= 4 is 22.6 Å². The molecule has 0 atom stereocenters. The third-order valence-corrected chi connectivity index (χ3v) is 4.85. The molecule has 4 rings (SSSR count). The van der Waals surface area contributed by atoms with E-state index in [0.29, 0.717) is 25.2 Å². The number of hydrogen-bond acceptors (Lipinski definition) is 4. The summed E-state index contributed by atoms with van der Waals surface area (Å²) in [6, 6.07) is 15.1. The second kappa shape index (κ2) is 7.23. The highest BCUT2D eigenvalue weighted by atomic mass is 19.1. The van der Waals surface area contributed by atoms with Crippen molar-refractivity contribution in [2.24, 2.45) is 0 Å². The van der Waals surface area contributed by atoms with Crippen LogP contribution in [0.1, 0.15) is 16.8 Å². The van der Waals surface area contributed by atoms with E-state index in [0.717, 1.165) is 24.0 Å². The summed E-state index contributed by atoms with van der Waals surface area (Å²) in [6.45, 7) is 2.43. The Labute approximate surface area is 155 Å². The highest BCUT2D eigenvalue weighted by molar-refractivity contribution is 5.96. The Morgan fingerprint density at radius 1 is 0.963 bits per heavy atom. The zero-order valence-electron chi connectivity index (χ0n) is 14.7. The predicted octanol–water partition coefficient (Wildman–Crippen LogP) is 3.28. The van der Waals surface area contributed by atoms with Gasteiger partial charge in [-0.15, -0.1) is 0 Å². The highest BCUT2D eigenvalue weighted by Gasteiger charge is 2.23. The lowest BCUT2D eigenvalue weighted by molar-refractivity contribution is 0.0763. The van der Waals surface area contributed by atoms with Gasteiger partial charge in [0.2, 0.25) is 0 Å². The van der Waals surface area contributed by atoms with E-state index in [1.807, 2.05) is 12.1 Å². The van der Waals surface area contributed by atoms with Gasteiger partial charge in [-0.3, -0.25) is 4.79 Å². The molecule has 0 N–H and O–H groups in total. The second-order valence-corrected chi connectivity index (χ2v) is 6.59. The van der Waals surface area contributed by atoms with E-state index in [9.17, 15) is 14.0 Å². The minimum Gasteiger partial charge on any atom is -0.422 e. The van der Waals surface area contributed by atoms with Crippen LogP contribution in [0.5, 0.6) is 0 Å². The van der Waals surface area contributed by atoms with E-state index in [4.69, 9.17) is 4.42 Å². The van der Waals surface area contributed by atoms with E-state index >= 15 is 0 Å². The summed E-state index contributed by atoms with van der Waals surface area (Å²) in [7, 11) is 0. The fourth-order valence-electron chi connectivity index (χ4n) is 3.41. The number of nitrogens with zero attached hydrogens (tertiary/aromatic N) is 2. The Hall–Kier alpha value is -3.15. The number of amides is 1. The highest BCUT2D eigenvalue weighted by Crippen LogP contribution is 2.18. The summed E-state index contributed by atoms with van der Waals surface area (Å²) >= 11 is 0. The molecule has 1 aliphatic rings. The van der Waals surface area contributed by atoms with E-state index < -0.39 is 5.63 Å². The molecule has 1 aromatic heterocycles. The lowest BCUT2D eigenvalue weighted by Crippen LogP contribution is -2.37. The van der Waals surface area contributed by atoms with Crippen LogP contribution in [0.15, 0.2) is 63.8 Å². The van der Waals surface area contributed by atoms with Gasteiger partial charge in [-0.1, -0.05) is 18.2 Å². The lowest BCUT2D eigenvalue weighted by Gasteiger charge is -2.23. The number of carbonyl (C=O) groups is 1. The van der Waals surface area contributed by atoms with Crippen LogP contribution in [-0.2, 0) is 0 Å². The molecule has 2 aromatic carbocycles. The van der Waals surface area contributed by atoms with Gasteiger partial charge in [0.25, 0.3) is 5.91 Å². The Kier molecular flexibility index (Phi) is 4.62. The first kappa shape index (κ1) is 17.3. The second-order valence-electron chi connectivity index (χ2n) is 6.59. The summed E-state index contributed by atoms with van der Waals surface area (Å²) in [5, 5.41) is 0.725. The lowest BCUT2D eigenvalue weighted by atomic mass is 10.1. The first-order chi connectivity index (χ1) is 13.1. The fourth-order valence-corrected chi connectivity index (χ4v) is 3.41. The predicted molar refractivity (Wildman–Crippen MR) is 102 cm³/mol. The molecule has 0 bridgehead atoms. The monoisotopic (exact) mass is 366 g/mol. The maximum Gasteiger partial charge on any atom is 0.349 e. The quantitative estimate of drug-likeness (QED) is 0.653. The molecule has 5 nitrogen and oxygen atoms in total. The van der Waals surface area contributed by atoms with Crippen molar-refractivity contribution in [1.29, 1.82) is 0 Å². The first-order valence-electron chi connectivity index (χ1n) is 8.94. The van der Waals surface area contributed by atoms with E-state index in [-0.39, 0.29) is 17.3 Å². The number of anilines is 1. The Bertz CT molecular complexity index is 1030. The molecule has 27 heavy (non-hydrogen) atoms. The molecule has 0 spiro atoms. The van der Waals surface area contributed by atoms with Crippen molar-refractivity contribution in [2.45, 2.75) is 6.42 Å². The third kappa shape index (κ3) is 3.56. The van der Waals surface area contributed by atoms with Crippen LogP contribution in [-0.4, -0.2) is 37.0 Å². The summed E-state index contributed by atoms with van der Waals surface area (Å²) in [5.41, 5.74) is 0.843. The fraction of sp³-hybridized carbons (Fsp3) is 0.238. The molecule has 1 aliphatic heterocycles. The smallest absolute Gasteiger partial charge is 0.349 e. The van der Waals surface area contributed by atoms with Gasteiger partial charge in [-0.05, 0) is 42.8 Å². The van der Waals surface area contributed by atoms with E-state index in [1.54, 1.807) is 35.2 Å². The van der Waals surface area contributed by atoms with Crippen molar-refractivity contribution in [3.63, 3.8) is 0 Å². The van der Waals surface area contributed by atoms with Crippen LogP contribution in [0, 0.1) is 5.82 Å². The summed E-state index contributed by atoms with van der Waals surface area (Å²) < 4.78 is 18.4. The molecular weight excluding hydrogens is 347 g/mol. The SMILES string of the molecule is O=C(c1cc2ccccc2oc1=O)N1CCCN(c2ccc(F)cc2)CC1. The number of hydrogen-bond donors (Lipinski definition) is 0. The Morgan fingerprint density at radius 2 is 1.74 bits per heavy atom. The Morgan fingerprint density at radius 3 is 2.56 bits per heavy atom. The molecule has 1 fully saturated rings. The minimum atomic E-state index is -0.613. The van der Waals surface area contributed by atoms with Crippen LogP contribution in [0.3, 0.4) is 0 Å². The van der Waals surface area contributed by atoms with Crippen molar-refractivity contribution in [3.8, 4) is 0 Å². The van der Waals surface area contributed by atoms with Crippen molar-refractivity contribution < 1.29 is 13.6 Å². The first-order valence-corrected chi connectivity index (χ1v) is 8.94. The van der Waals surface area contributed by atoms with Gasteiger partial charge in [0.1, 0.15) is 17.0 Å².